The van der Waals surface area contributed by atoms with Crippen LogP contribution in [0.1, 0.15) is 25.7 Å². The van der Waals surface area contributed by atoms with Crippen molar-refractivity contribution in [1.82, 2.24) is 10.3 Å². The van der Waals surface area contributed by atoms with Gasteiger partial charge in [0, 0.05) is 29.4 Å². The third kappa shape index (κ3) is 4.92. The fourth-order valence-corrected chi connectivity index (χ4v) is 3.50. The molecule has 2 heterocycles. The zero-order valence-corrected chi connectivity index (χ0v) is 15.7. The highest BCUT2D eigenvalue weighted by Gasteiger charge is 2.11. The number of pyridine rings is 1. The fourth-order valence-electron chi connectivity index (χ4n) is 2.51. The van der Waals surface area contributed by atoms with Crippen molar-refractivity contribution < 1.29 is 9.59 Å². The van der Waals surface area contributed by atoms with E-state index < -0.39 is 6.03 Å². The van der Waals surface area contributed by atoms with E-state index >= 15 is 0 Å². The Kier molecular flexibility index (Phi) is 5.83. The number of amides is 3. The van der Waals surface area contributed by atoms with Gasteiger partial charge in [-0.05, 0) is 29.8 Å². The molecule has 3 amide bonds. The van der Waals surface area contributed by atoms with Gasteiger partial charge in [-0.1, -0.05) is 30.3 Å². The lowest BCUT2D eigenvalue weighted by molar-refractivity contribution is 0.0951. The van der Waals surface area contributed by atoms with Crippen LogP contribution >= 0.6 is 11.3 Å². The summed E-state index contributed by atoms with van der Waals surface area (Å²) in [4.78, 5) is 31.1. The highest BCUT2D eigenvalue weighted by molar-refractivity contribution is 7.12. The quantitative estimate of drug-likeness (QED) is 0.688. The first-order valence-corrected chi connectivity index (χ1v) is 9.23. The van der Waals surface area contributed by atoms with Gasteiger partial charge in [0.05, 0.1) is 12.1 Å². The van der Waals surface area contributed by atoms with Crippen LogP contribution in [0.4, 0.5) is 10.6 Å². The SMILES string of the molecule is CN(C(N)=O)c1ccc(C(=O)NCc2ccc(Cc3ccccc3)s2)cn1. The molecule has 0 fully saturated rings. The second-order valence-corrected chi connectivity index (χ2v) is 7.27. The van der Waals surface area contributed by atoms with Gasteiger partial charge in [-0.25, -0.2) is 9.78 Å². The summed E-state index contributed by atoms with van der Waals surface area (Å²) in [6.07, 6.45) is 2.32. The Balaban J connectivity index is 1.55. The molecule has 1 aromatic carbocycles. The molecule has 3 N–H and O–H groups in total. The number of thiophene rings is 1. The minimum Gasteiger partial charge on any atom is -0.351 e. The lowest BCUT2D eigenvalue weighted by Crippen LogP contribution is -2.32. The Morgan fingerprint density at radius 2 is 1.81 bits per heavy atom. The maximum absolute atomic E-state index is 12.3. The van der Waals surface area contributed by atoms with Gasteiger partial charge >= 0.3 is 6.03 Å². The summed E-state index contributed by atoms with van der Waals surface area (Å²) in [6.45, 7) is 0.460. The third-order valence-corrected chi connectivity index (χ3v) is 5.13. The zero-order valence-electron chi connectivity index (χ0n) is 14.9. The molecule has 0 aliphatic rings. The molecular formula is C20H20N4O2S. The van der Waals surface area contributed by atoms with Crippen molar-refractivity contribution in [3.63, 3.8) is 0 Å². The van der Waals surface area contributed by atoms with Gasteiger partial charge < -0.3 is 11.1 Å². The number of carbonyl (C=O) groups is 2. The average molecular weight is 380 g/mol. The number of nitrogens with one attached hydrogen (secondary N) is 1. The second kappa shape index (κ2) is 8.46. The molecule has 138 valence electrons. The molecule has 0 radical (unpaired) electrons. The molecule has 0 saturated heterocycles. The van der Waals surface area contributed by atoms with Crippen molar-refractivity contribution in [3.05, 3.63) is 81.7 Å². The first kappa shape index (κ1) is 18.6. The minimum absolute atomic E-state index is 0.214. The number of carbonyl (C=O) groups excluding carboxylic acids is 2. The molecule has 2 aromatic heterocycles. The Morgan fingerprint density at radius 1 is 1.07 bits per heavy atom. The number of primary amides is 1. The van der Waals surface area contributed by atoms with E-state index in [0.29, 0.717) is 17.9 Å². The van der Waals surface area contributed by atoms with E-state index in [0.717, 1.165) is 11.3 Å². The van der Waals surface area contributed by atoms with Crippen LogP contribution in [0.25, 0.3) is 0 Å². The summed E-state index contributed by atoms with van der Waals surface area (Å²) in [5.74, 6) is 0.177. The van der Waals surface area contributed by atoms with Crippen molar-refractivity contribution in [1.29, 1.82) is 0 Å². The number of hydrogen-bond acceptors (Lipinski definition) is 4. The lowest BCUT2D eigenvalue weighted by atomic mass is 10.1. The Morgan fingerprint density at radius 3 is 2.48 bits per heavy atom. The molecular weight excluding hydrogens is 360 g/mol. The van der Waals surface area contributed by atoms with Crippen LogP contribution in [0.15, 0.2) is 60.8 Å². The number of urea groups is 1. The van der Waals surface area contributed by atoms with E-state index in [-0.39, 0.29) is 5.91 Å². The zero-order chi connectivity index (χ0) is 19.2. The molecule has 0 aliphatic carbocycles. The smallest absolute Gasteiger partial charge is 0.320 e. The molecule has 0 bridgehead atoms. The van der Waals surface area contributed by atoms with E-state index in [9.17, 15) is 9.59 Å². The topological polar surface area (TPSA) is 88.3 Å². The molecule has 6 nitrogen and oxygen atoms in total. The lowest BCUT2D eigenvalue weighted by Gasteiger charge is -2.13. The van der Waals surface area contributed by atoms with Gasteiger partial charge in [-0.3, -0.25) is 9.69 Å². The molecule has 27 heavy (non-hydrogen) atoms. The van der Waals surface area contributed by atoms with E-state index in [1.54, 1.807) is 23.5 Å². The van der Waals surface area contributed by atoms with Crippen LogP contribution in [0, 0.1) is 0 Å². The highest BCUT2D eigenvalue weighted by atomic mass is 32.1. The fraction of sp³-hybridized carbons (Fsp3) is 0.150. The molecule has 0 aliphatic heterocycles. The second-order valence-electron chi connectivity index (χ2n) is 6.02. The van der Waals surface area contributed by atoms with E-state index in [4.69, 9.17) is 5.73 Å². The maximum atomic E-state index is 12.3. The van der Waals surface area contributed by atoms with E-state index in [1.165, 1.54) is 28.6 Å². The van der Waals surface area contributed by atoms with Gasteiger partial charge in [0.15, 0.2) is 0 Å². The van der Waals surface area contributed by atoms with Crippen LogP contribution in [0.3, 0.4) is 0 Å². The van der Waals surface area contributed by atoms with E-state index in [2.05, 4.69) is 28.5 Å². The number of anilines is 1. The summed E-state index contributed by atoms with van der Waals surface area (Å²) in [5, 5.41) is 2.89. The number of nitrogens with two attached hydrogens (primary N) is 1. The van der Waals surface area contributed by atoms with Crippen molar-refractivity contribution in [3.8, 4) is 0 Å². The summed E-state index contributed by atoms with van der Waals surface area (Å²) in [6, 6.07) is 17.0. The molecule has 3 rings (SSSR count). The Labute approximate surface area is 161 Å². The van der Waals surface area contributed by atoms with Crippen LogP contribution < -0.4 is 16.0 Å². The maximum Gasteiger partial charge on any atom is 0.320 e. The minimum atomic E-state index is -0.608. The monoisotopic (exact) mass is 380 g/mol. The van der Waals surface area contributed by atoms with Crippen molar-refractivity contribution >= 4 is 29.1 Å². The summed E-state index contributed by atoms with van der Waals surface area (Å²) in [5.41, 5.74) is 6.89. The van der Waals surface area contributed by atoms with Gasteiger partial charge in [0.1, 0.15) is 5.82 Å². The number of rotatable bonds is 6. The first-order chi connectivity index (χ1) is 13.0. The van der Waals surface area contributed by atoms with Crippen LogP contribution in [0.5, 0.6) is 0 Å². The third-order valence-electron chi connectivity index (χ3n) is 4.05. The molecule has 0 atom stereocenters. The van der Waals surface area contributed by atoms with Gasteiger partial charge in [-0.15, -0.1) is 11.3 Å². The summed E-state index contributed by atoms with van der Waals surface area (Å²) >= 11 is 1.69. The Hall–Kier alpha value is -3.19. The Bertz CT molecular complexity index is 923. The first-order valence-electron chi connectivity index (χ1n) is 8.42. The number of aromatic nitrogens is 1. The predicted molar refractivity (Wildman–Crippen MR) is 107 cm³/mol. The molecule has 0 unspecified atom stereocenters. The number of hydrogen-bond donors (Lipinski definition) is 2. The standard InChI is InChI=1S/C20H20N4O2S/c1-24(20(21)26)18-10-7-15(12-22-18)19(25)23-13-17-9-8-16(27-17)11-14-5-3-2-4-6-14/h2-10,12H,11,13H2,1H3,(H2,21,26)(H,23,25). The molecule has 0 saturated carbocycles. The molecule has 3 aromatic rings. The highest BCUT2D eigenvalue weighted by Crippen LogP contribution is 2.20. The van der Waals surface area contributed by atoms with Crippen LogP contribution in [0.2, 0.25) is 0 Å². The van der Waals surface area contributed by atoms with Gasteiger partial charge in [0.25, 0.3) is 5.91 Å². The van der Waals surface area contributed by atoms with Crippen LogP contribution in [-0.4, -0.2) is 24.0 Å². The van der Waals surface area contributed by atoms with Gasteiger partial charge in [0.2, 0.25) is 0 Å². The van der Waals surface area contributed by atoms with Crippen LogP contribution in [-0.2, 0) is 13.0 Å². The summed E-state index contributed by atoms with van der Waals surface area (Å²) < 4.78 is 0. The largest absolute Gasteiger partial charge is 0.351 e. The van der Waals surface area contributed by atoms with Crippen molar-refractivity contribution in [2.24, 2.45) is 5.73 Å². The number of nitrogens with zero attached hydrogens (tertiary/aromatic N) is 2. The van der Waals surface area contributed by atoms with Crippen molar-refractivity contribution in [2.75, 3.05) is 11.9 Å². The normalized spacial score (nSPS) is 10.4. The molecule has 7 heteroatoms. The number of benzene rings is 1. The van der Waals surface area contributed by atoms with E-state index in [1.807, 2.05) is 24.3 Å². The van der Waals surface area contributed by atoms with Crippen molar-refractivity contribution in [2.45, 2.75) is 13.0 Å². The predicted octanol–water partition coefficient (Wildman–Crippen LogP) is 3.18. The summed E-state index contributed by atoms with van der Waals surface area (Å²) in [7, 11) is 1.52. The van der Waals surface area contributed by atoms with Gasteiger partial charge in [-0.2, -0.15) is 0 Å². The molecule has 0 spiro atoms. The average Bonchev–Trinajstić information content (AvgIpc) is 3.13.